The van der Waals surface area contributed by atoms with Crippen LogP contribution in [0.2, 0.25) is 0 Å². The number of aliphatic carboxylic acids is 1. The zero-order valence-corrected chi connectivity index (χ0v) is 8.12. The maximum atomic E-state index is 10.8. The van der Waals surface area contributed by atoms with E-state index < -0.39 is 11.9 Å². The largest absolute Gasteiger partial charge is 0.480 e. The zero-order valence-electron chi connectivity index (χ0n) is 8.12. The van der Waals surface area contributed by atoms with E-state index in [1.54, 1.807) is 6.07 Å². The van der Waals surface area contributed by atoms with Crippen LogP contribution in [0.1, 0.15) is 10.4 Å². The molecule has 1 heterocycles. The number of aromatic nitrogens is 2. The summed E-state index contributed by atoms with van der Waals surface area (Å²) in [6, 6.07) is 4.40. The van der Waals surface area contributed by atoms with E-state index in [4.69, 9.17) is 10.2 Å². The minimum absolute atomic E-state index is 0.111. The maximum absolute atomic E-state index is 10.8. The first-order chi connectivity index (χ1) is 7.58. The van der Waals surface area contributed by atoms with Gasteiger partial charge in [0.15, 0.2) is 0 Å². The lowest BCUT2D eigenvalue weighted by molar-refractivity contribution is -0.137. The molecule has 0 aliphatic rings. The summed E-state index contributed by atoms with van der Waals surface area (Å²) in [4.78, 5) is 25.3. The molecule has 6 nitrogen and oxygen atoms in total. The van der Waals surface area contributed by atoms with Crippen molar-refractivity contribution in [1.82, 2.24) is 9.55 Å². The Morgan fingerprint density at radius 1 is 1.31 bits per heavy atom. The third kappa shape index (κ3) is 1.72. The van der Waals surface area contributed by atoms with Gasteiger partial charge in [0.05, 0.1) is 22.9 Å². The molecule has 6 heteroatoms. The van der Waals surface area contributed by atoms with Gasteiger partial charge in [0.2, 0.25) is 0 Å². The van der Waals surface area contributed by atoms with Gasteiger partial charge >= 0.3 is 11.9 Å². The lowest BCUT2D eigenvalue weighted by Gasteiger charge is -2.00. The molecule has 0 saturated heterocycles. The van der Waals surface area contributed by atoms with Crippen molar-refractivity contribution in [1.29, 1.82) is 0 Å². The Bertz CT molecular complexity index is 573. The number of imidazole rings is 1. The number of hydrogen-bond donors (Lipinski definition) is 2. The molecule has 0 bridgehead atoms. The van der Waals surface area contributed by atoms with Crippen LogP contribution in [-0.4, -0.2) is 31.7 Å². The number of carboxylic acid groups (broad SMARTS) is 2. The van der Waals surface area contributed by atoms with Gasteiger partial charge in [0.1, 0.15) is 6.54 Å². The maximum Gasteiger partial charge on any atom is 0.335 e. The van der Waals surface area contributed by atoms with E-state index in [0.717, 1.165) is 0 Å². The van der Waals surface area contributed by atoms with Crippen LogP contribution in [0, 0.1) is 0 Å². The fraction of sp³-hybridized carbons (Fsp3) is 0.100. The van der Waals surface area contributed by atoms with Crippen molar-refractivity contribution >= 4 is 23.0 Å². The second kappa shape index (κ2) is 3.65. The van der Waals surface area contributed by atoms with E-state index in [2.05, 4.69) is 4.98 Å². The lowest BCUT2D eigenvalue weighted by Crippen LogP contribution is -2.07. The van der Waals surface area contributed by atoms with Crippen molar-refractivity contribution < 1.29 is 19.8 Å². The van der Waals surface area contributed by atoms with Gasteiger partial charge in [0.25, 0.3) is 0 Å². The van der Waals surface area contributed by atoms with Gasteiger partial charge < -0.3 is 14.8 Å². The highest BCUT2D eigenvalue weighted by Gasteiger charge is 2.09. The Balaban J connectivity index is 2.55. The number of aromatic carboxylic acids is 1. The standard InChI is InChI=1S/C10H8N2O4/c13-9(14)4-12-5-11-7-2-1-6(10(15)16)3-8(7)12/h1-3,5H,4H2,(H,13,14)(H,15,16). The summed E-state index contributed by atoms with van der Waals surface area (Å²) in [5.41, 5.74) is 1.19. The smallest absolute Gasteiger partial charge is 0.335 e. The van der Waals surface area contributed by atoms with Crippen molar-refractivity contribution in [3.63, 3.8) is 0 Å². The third-order valence-electron chi connectivity index (χ3n) is 2.17. The molecular weight excluding hydrogens is 212 g/mol. The molecule has 0 saturated carbocycles. The van der Waals surface area contributed by atoms with Crippen LogP contribution in [0.25, 0.3) is 11.0 Å². The first-order valence-corrected chi connectivity index (χ1v) is 4.48. The summed E-state index contributed by atoms with van der Waals surface area (Å²) in [5, 5.41) is 17.5. The van der Waals surface area contributed by atoms with Crippen molar-refractivity contribution in [2.24, 2.45) is 0 Å². The van der Waals surface area contributed by atoms with E-state index in [0.29, 0.717) is 11.0 Å². The summed E-state index contributed by atoms with van der Waals surface area (Å²) in [6.07, 6.45) is 1.38. The molecule has 0 radical (unpaired) electrons. The Morgan fingerprint density at radius 2 is 2.06 bits per heavy atom. The molecule has 1 aromatic heterocycles. The second-order valence-corrected chi connectivity index (χ2v) is 3.27. The molecule has 2 rings (SSSR count). The summed E-state index contributed by atoms with van der Waals surface area (Å²) >= 11 is 0. The number of benzene rings is 1. The van der Waals surface area contributed by atoms with Crippen LogP contribution >= 0.6 is 0 Å². The molecule has 0 atom stereocenters. The second-order valence-electron chi connectivity index (χ2n) is 3.27. The van der Waals surface area contributed by atoms with Crippen LogP contribution in [0.4, 0.5) is 0 Å². The average Bonchev–Trinajstić information content (AvgIpc) is 2.60. The highest BCUT2D eigenvalue weighted by atomic mass is 16.4. The Kier molecular flexibility index (Phi) is 2.32. The van der Waals surface area contributed by atoms with Crippen molar-refractivity contribution in [2.75, 3.05) is 0 Å². The predicted molar refractivity (Wildman–Crippen MR) is 54.3 cm³/mol. The molecule has 16 heavy (non-hydrogen) atoms. The van der Waals surface area contributed by atoms with Crippen molar-refractivity contribution in [3.8, 4) is 0 Å². The summed E-state index contributed by atoms with van der Waals surface area (Å²) in [6.45, 7) is -0.237. The highest BCUT2D eigenvalue weighted by molar-refractivity contribution is 5.92. The molecule has 1 aromatic carbocycles. The fourth-order valence-corrected chi connectivity index (χ4v) is 1.46. The van der Waals surface area contributed by atoms with Crippen LogP contribution in [0.3, 0.4) is 0 Å². The third-order valence-corrected chi connectivity index (χ3v) is 2.17. The first kappa shape index (κ1) is 10.2. The Morgan fingerprint density at radius 3 is 2.69 bits per heavy atom. The number of fused-ring (bicyclic) bond motifs is 1. The monoisotopic (exact) mass is 220 g/mol. The molecule has 0 aliphatic heterocycles. The number of carbonyl (C=O) groups is 2. The van der Waals surface area contributed by atoms with Crippen LogP contribution < -0.4 is 0 Å². The molecular formula is C10H8N2O4. The van der Waals surface area contributed by atoms with Crippen molar-refractivity contribution in [2.45, 2.75) is 6.54 Å². The predicted octanol–water partition coefficient (Wildman–Crippen LogP) is 0.819. The van der Waals surface area contributed by atoms with Gasteiger partial charge in [-0.15, -0.1) is 0 Å². The van der Waals surface area contributed by atoms with Gasteiger partial charge in [-0.2, -0.15) is 0 Å². The Hall–Kier alpha value is -2.37. The summed E-state index contributed by atoms with van der Waals surface area (Å²) in [7, 11) is 0. The SMILES string of the molecule is O=C(O)Cn1cnc2ccc(C(=O)O)cc21. The summed E-state index contributed by atoms with van der Waals surface area (Å²) < 4.78 is 1.39. The molecule has 0 unspecified atom stereocenters. The van der Waals surface area contributed by atoms with Crippen molar-refractivity contribution in [3.05, 3.63) is 30.1 Å². The summed E-state index contributed by atoms with van der Waals surface area (Å²) in [5.74, 6) is -2.05. The Labute approximate surface area is 89.8 Å². The normalized spacial score (nSPS) is 10.5. The van der Waals surface area contributed by atoms with Gasteiger partial charge in [-0.25, -0.2) is 9.78 Å². The van der Waals surface area contributed by atoms with Crippen LogP contribution in [0.15, 0.2) is 24.5 Å². The molecule has 0 fully saturated rings. The van der Waals surface area contributed by atoms with Gasteiger partial charge in [-0.3, -0.25) is 4.79 Å². The zero-order chi connectivity index (χ0) is 11.7. The average molecular weight is 220 g/mol. The fourth-order valence-electron chi connectivity index (χ4n) is 1.46. The van der Waals surface area contributed by atoms with Gasteiger partial charge in [-0.1, -0.05) is 0 Å². The van der Waals surface area contributed by atoms with E-state index in [1.807, 2.05) is 0 Å². The molecule has 2 N–H and O–H groups in total. The minimum Gasteiger partial charge on any atom is -0.480 e. The molecule has 0 spiro atoms. The molecule has 0 aliphatic carbocycles. The molecule has 0 amide bonds. The number of nitrogens with zero attached hydrogens (tertiary/aromatic N) is 2. The molecule has 2 aromatic rings. The number of carboxylic acids is 2. The quantitative estimate of drug-likeness (QED) is 0.798. The topological polar surface area (TPSA) is 92.4 Å². The van der Waals surface area contributed by atoms with Gasteiger partial charge in [-0.05, 0) is 18.2 Å². The van der Waals surface area contributed by atoms with E-state index >= 15 is 0 Å². The number of hydrogen-bond acceptors (Lipinski definition) is 3. The van der Waals surface area contributed by atoms with Crippen LogP contribution in [0.5, 0.6) is 0 Å². The minimum atomic E-state index is -1.05. The van der Waals surface area contributed by atoms with E-state index in [-0.39, 0.29) is 12.1 Å². The van der Waals surface area contributed by atoms with E-state index in [9.17, 15) is 9.59 Å². The van der Waals surface area contributed by atoms with E-state index in [1.165, 1.54) is 23.0 Å². The van der Waals surface area contributed by atoms with Gasteiger partial charge in [0, 0.05) is 0 Å². The molecule has 82 valence electrons. The number of rotatable bonds is 3. The highest BCUT2D eigenvalue weighted by Crippen LogP contribution is 2.15. The van der Waals surface area contributed by atoms with Crippen LogP contribution in [-0.2, 0) is 11.3 Å². The lowest BCUT2D eigenvalue weighted by atomic mass is 10.2. The first-order valence-electron chi connectivity index (χ1n) is 4.48.